The van der Waals surface area contributed by atoms with Crippen LogP contribution in [0.25, 0.3) is 0 Å². The Balaban J connectivity index is 5.68. The molecule has 0 aromatic carbocycles. The van der Waals surface area contributed by atoms with Gasteiger partial charge in [-0.3, -0.25) is 4.79 Å². The Kier molecular flexibility index (Phi) is 12.8. The van der Waals surface area contributed by atoms with Gasteiger partial charge in [0.1, 0.15) is 13.2 Å². The van der Waals surface area contributed by atoms with E-state index in [4.69, 9.17) is 18.9 Å². The quantitative estimate of drug-likeness (QED) is 0.122. The second-order valence-corrected chi connectivity index (χ2v) is 6.88. The molecular weight excluding hydrogens is 412 g/mol. The first-order chi connectivity index (χ1) is 14.5. The number of hydrogen-bond acceptors (Lipinski definition) is 10. The van der Waals surface area contributed by atoms with E-state index in [1.807, 2.05) is 0 Å². The van der Waals surface area contributed by atoms with E-state index >= 15 is 0 Å². The maximum absolute atomic E-state index is 12.2. The molecule has 0 unspecified atom stereocenters. The first-order valence-electron chi connectivity index (χ1n) is 9.45. The van der Waals surface area contributed by atoms with Crippen LogP contribution in [0, 0.1) is 5.41 Å². The Bertz CT molecular complexity index is 621. The van der Waals surface area contributed by atoms with Gasteiger partial charge in [0.15, 0.2) is 11.6 Å². The van der Waals surface area contributed by atoms with Crippen LogP contribution >= 0.6 is 0 Å². The number of carbonyl (C=O) groups is 3. The molecule has 0 aliphatic rings. The van der Waals surface area contributed by atoms with Crippen molar-refractivity contribution in [3.63, 3.8) is 0 Å². The molecule has 0 aromatic rings. The Labute approximate surface area is 181 Å². The van der Waals surface area contributed by atoms with Gasteiger partial charge in [0, 0.05) is 11.1 Å². The summed E-state index contributed by atoms with van der Waals surface area (Å²) in [6.45, 7) is 9.59. The molecule has 0 spiro atoms. The average molecular weight is 444 g/mol. The summed E-state index contributed by atoms with van der Waals surface area (Å²) in [7, 11) is 0. The van der Waals surface area contributed by atoms with Crippen LogP contribution in [0.1, 0.15) is 20.3 Å². The average Bonchev–Trinajstić information content (AvgIpc) is 2.74. The van der Waals surface area contributed by atoms with Crippen LogP contribution < -0.4 is 0 Å². The van der Waals surface area contributed by atoms with E-state index in [0.29, 0.717) is 0 Å². The van der Waals surface area contributed by atoms with Crippen LogP contribution in [-0.4, -0.2) is 85.1 Å². The summed E-state index contributed by atoms with van der Waals surface area (Å²) < 4.78 is 21.3. The lowest BCUT2D eigenvalue weighted by atomic mass is 9.78. The number of rotatable bonds is 17. The molecule has 0 heterocycles. The third-order valence-electron chi connectivity index (χ3n) is 4.35. The molecule has 0 amide bonds. The Morgan fingerprint density at radius 2 is 1.19 bits per heavy atom. The van der Waals surface area contributed by atoms with Crippen molar-refractivity contribution in [3.8, 4) is 0 Å². The molecule has 0 fully saturated rings. The van der Waals surface area contributed by atoms with Crippen molar-refractivity contribution < 1.29 is 48.7 Å². The maximum atomic E-state index is 12.2. The number of aliphatic hydroxyl groups is 3. The fraction of sp³-hybridized carbons (Fsp3) is 0.571. The molecule has 0 aliphatic carbocycles. The molecule has 10 nitrogen and oxygen atoms in total. The number of aliphatic hydroxyl groups excluding tert-OH is 3. The van der Waals surface area contributed by atoms with Gasteiger partial charge in [-0.15, -0.1) is 0 Å². The van der Waals surface area contributed by atoms with Gasteiger partial charge in [-0.25, -0.2) is 9.59 Å². The molecule has 0 saturated carbocycles. The summed E-state index contributed by atoms with van der Waals surface area (Å²) in [5.41, 5.74) is -1.50. The third-order valence-corrected chi connectivity index (χ3v) is 4.35. The number of ketones is 1. The van der Waals surface area contributed by atoms with E-state index in [9.17, 15) is 29.7 Å². The number of carbonyl (C=O) groups excluding carboxylic acids is 3. The summed E-state index contributed by atoms with van der Waals surface area (Å²) >= 11 is 0. The highest BCUT2D eigenvalue weighted by Crippen LogP contribution is 2.39. The van der Waals surface area contributed by atoms with Crippen LogP contribution in [-0.2, 0) is 33.3 Å². The highest BCUT2D eigenvalue weighted by molar-refractivity contribution is 5.89. The first-order valence-corrected chi connectivity index (χ1v) is 9.45. The predicted molar refractivity (Wildman–Crippen MR) is 110 cm³/mol. The molecule has 0 radical (unpaired) electrons. The summed E-state index contributed by atoms with van der Waals surface area (Å²) in [6.07, 6.45) is 0.446. The molecule has 31 heavy (non-hydrogen) atoms. The van der Waals surface area contributed by atoms with Gasteiger partial charge >= 0.3 is 11.9 Å². The molecule has 10 heteroatoms. The van der Waals surface area contributed by atoms with Crippen molar-refractivity contribution in [1.29, 1.82) is 0 Å². The zero-order valence-electron chi connectivity index (χ0n) is 18.1. The molecule has 176 valence electrons. The number of hydrogen-bond donors (Lipinski definition) is 3. The molecule has 0 atom stereocenters. The molecule has 0 saturated heterocycles. The normalized spacial score (nSPS) is 11.5. The second-order valence-electron chi connectivity index (χ2n) is 6.88. The minimum atomic E-state index is -2.05. The third kappa shape index (κ3) is 8.35. The van der Waals surface area contributed by atoms with Crippen LogP contribution in [0.2, 0.25) is 0 Å². The first kappa shape index (κ1) is 28.6. The molecule has 0 rings (SSSR count). The SMILES string of the molecule is C=CC(=O)CC(OCCOC(=O)C(=C)C)(OCCOC(=O)C(=C)C)C(CO)(CO)CO. The Morgan fingerprint density at radius 3 is 1.48 bits per heavy atom. The molecule has 0 bridgehead atoms. The molecule has 0 aromatic heterocycles. The summed E-state index contributed by atoms with van der Waals surface area (Å²) in [4.78, 5) is 35.2. The van der Waals surface area contributed by atoms with Gasteiger partial charge in [0.25, 0.3) is 0 Å². The number of ether oxygens (including phenoxy) is 4. The number of allylic oxidation sites excluding steroid dienone is 1. The van der Waals surface area contributed by atoms with Crippen LogP contribution in [0.3, 0.4) is 0 Å². The Hall–Kier alpha value is -2.37. The maximum Gasteiger partial charge on any atom is 0.333 e. The lowest BCUT2D eigenvalue weighted by Gasteiger charge is -2.46. The fourth-order valence-corrected chi connectivity index (χ4v) is 2.38. The lowest BCUT2D eigenvalue weighted by Crippen LogP contribution is -2.60. The lowest BCUT2D eigenvalue weighted by molar-refractivity contribution is -0.323. The van der Waals surface area contributed by atoms with Crippen molar-refractivity contribution in [2.24, 2.45) is 5.41 Å². The second kappa shape index (κ2) is 13.8. The van der Waals surface area contributed by atoms with Gasteiger partial charge in [-0.2, -0.15) is 0 Å². The highest BCUT2D eigenvalue weighted by atomic mass is 16.7. The van der Waals surface area contributed by atoms with Gasteiger partial charge in [0.05, 0.1) is 44.9 Å². The molecule has 0 aliphatic heterocycles. The van der Waals surface area contributed by atoms with E-state index in [2.05, 4.69) is 19.7 Å². The van der Waals surface area contributed by atoms with Crippen LogP contribution in [0.4, 0.5) is 0 Å². The van der Waals surface area contributed by atoms with Crippen molar-refractivity contribution >= 4 is 17.7 Å². The van der Waals surface area contributed by atoms with Crippen LogP contribution in [0.15, 0.2) is 37.0 Å². The van der Waals surface area contributed by atoms with E-state index in [1.54, 1.807) is 0 Å². The summed E-state index contributed by atoms with van der Waals surface area (Å²) in [5, 5.41) is 29.8. The zero-order valence-corrected chi connectivity index (χ0v) is 18.1. The van der Waals surface area contributed by atoms with E-state index < -0.39 is 55.2 Å². The van der Waals surface area contributed by atoms with E-state index in [-0.39, 0.29) is 37.6 Å². The molecule has 3 N–H and O–H groups in total. The van der Waals surface area contributed by atoms with Crippen molar-refractivity contribution in [1.82, 2.24) is 0 Å². The topological polar surface area (TPSA) is 149 Å². The Morgan fingerprint density at radius 1 is 0.806 bits per heavy atom. The fourth-order valence-electron chi connectivity index (χ4n) is 2.38. The van der Waals surface area contributed by atoms with E-state index in [1.165, 1.54) is 13.8 Å². The summed E-state index contributed by atoms with van der Waals surface area (Å²) in [5.74, 6) is -3.96. The minimum Gasteiger partial charge on any atom is -0.460 e. The van der Waals surface area contributed by atoms with Gasteiger partial charge < -0.3 is 34.3 Å². The smallest absolute Gasteiger partial charge is 0.333 e. The van der Waals surface area contributed by atoms with Crippen LogP contribution in [0.5, 0.6) is 0 Å². The standard InChI is InChI=1S/C21H32O10/c1-6-17(25)11-21(20(12-22,13-23)14-24,30-9-7-28-18(26)15(2)3)31-10-8-29-19(27)16(4)5/h6,22-24H,1-2,4,7-14H2,3,5H3. The largest absolute Gasteiger partial charge is 0.460 e. The van der Waals surface area contributed by atoms with Gasteiger partial charge in [-0.05, 0) is 19.9 Å². The van der Waals surface area contributed by atoms with Crippen molar-refractivity contribution in [2.45, 2.75) is 26.1 Å². The summed E-state index contributed by atoms with van der Waals surface area (Å²) in [6, 6.07) is 0. The van der Waals surface area contributed by atoms with Crippen molar-refractivity contribution in [2.75, 3.05) is 46.2 Å². The monoisotopic (exact) mass is 444 g/mol. The predicted octanol–water partition coefficient (Wildman–Crippen LogP) is 0.0630. The highest BCUT2D eigenvalue weighted by Gasteiger charge is 2.54. The number of esters is 2. The zero-order chi connectivity index (χ0) is 24.1. The minimum absolute atomic E-state index is 0.166. The molecular formula is C21H32O10. The van der Waals surface area contributed by atoms with E-state index in [0.717, 1.165) is 6.08 Å². The van der Waals surface area contributed by atoms with Crippen molar-refractivity contribution in [3.05, 3.63) is 37.0 Å². The van der Waals surface area contributed by atoms with Gasteiger partial charge in [0.2, 0.25) is 0 Å². The van der Waals surface area contributed by atoms with Gasteiger partial charge in [-0.1, -0.05) is 19.7 Å².